The number of benzene rings is 1. The maximum absolute atomic E-state index is 13.1. The van der Waals surface area contributed by atoms with Crippen molar-refractivity contribution in [2.75, 3.05) is 19.7 Å². The van der Waals surface area contributed by atoms with Gasteiger partial charge in [0.25, 0.3) is 0 Å². The second-order valence-corrected chi connectivity index (χ2v) is 9.33. The summed E-state index contributed by atoms with van der Waals surface area (Å²) in [5.74, 6) is 1.25. The monoisotopic (exact) mass is 382 g/mol. The lowest BCUT2D eigenvalue weighted by atomic mass is 9.60. The molecule has 2 saturated heterocycles. The van der Waals surface area contributed by atoms with Crippen molar-refractivity contribution < 1.29 is 14.7 Å². The third kappa shape index (κ3) is 2.78. The molecule has 2 saturated carbocycles. The summed E-state index contributed by atoms with van der Waals surface area (Å²) in [6.45, 7) is 1.22. The van der Waals surface area contributed by atoms with Crippen molar-refractivity contribution in [1.82, 2.24) is 9.80 Å². The number of nitrogens with zero attached hydrogens (tertiary/aromatic N) is 2. The van der Waals surface area contributed by atoms with Gasteiger partial charge in [-0.15, -0.1) is 0 Å². The van der Waals surface area contributed by atoms with Crippen molar-refractivity contribution in [2.24, 2.45) is 11.8 Å². The Labute approximate surface area is 166 Å². The molecule has 0 aromatic heterocycles. The summed E-state index contributed by atoms with van der Waals surface area (Å²) in [4.78, 5) is 29.9. The number of amides is 2. The second kappa shape index (κ2) is 6.87. The molecule has 5 nitrogen and oxygen atoms in total. The summed E-state index contributed by atoms with van der Waals surface area (Å²) in [5, 5.41) is 10.1. The predicted molar refractivity (Wildman–Crippen MR) is 106 cm³/mol. The minimum Gasteiger partial charge on any atom is -0.394 e. The molecule has 5 rings (SSSR count). The third-order valence-corrected chi connectivity index (χ3v) is 7.50. The van der Waals surface area contributed by atoms with Crippen LogP contribution in [0.1, 0.15) is 56.4 Å². The van der Waals surface area contributed by atoms with Gasteiger partial charge in [0, 0.05) is 31.3 Å². The van der Waals surface area contributed by atoms with Gasteiger partial charge in [-0.25, -0.2) is 0 Å². The Morgan fingerprint density at radius 3 is 2.32 bits per heavy atom. The summed E-state index contributed by atoms with van der Waals surface area (Å²) < 4.78 is 0. The van der Waals surface area contributed by atoms with Crippen molar-refractivity contribution in [3.8, 4) is 0 Å². The van der Waals surface area contributed by atoms with Crippen LogP contribution in [0, 0.1) is 11.8 Å². The molecule has 2 aliphatic carbocycles. The fourth-order valence-corrected chi connectivity index (χ4v) is 5.94. The lowest BCUT2D eigenvalue weighted by molar-refractivity contribution is -0.204. The van der Waals surface area contributed by atoms with Gasteiger partial charge < -0.3 is 14.9 Å². The average molecular weight is 383 g/mol. The van der Waals surface area contributed by atoms with E-state index in [-0.39, 0.29) is 41.8 Å². The van der Waals surface area contributed by atoms with Crippen molar-refractivity contribution in [1.29, 1.82) is 0 Å². The highest BCUT2D eigenvalue weighted by Crippen LogP contribution is 2.55. The van der Waals surface area contributed by atoms with Gasteiger partial charge in [-0.05, 0) is 37.2 Å². The van der Waals surface area contributed by atoms with E-state index in [0.717, 1.165) is 38.5 Å². The van der Waals surface area contributed by atoms with Crippen molar-refractivity contribution >= 4 is 11.8 Å². The number of hydrogen-bond donors (Lipinski definition) is 1. The molecule has 150 valence electrons. The summed E-state index contributed by atoms with van der Waals surface area (Å²) in [5.41, 5.74) is 0.847. The Kier molecular flexibility index (Phi) is 4.46. The smallest absolute Gasteiger partial charge is 0.225 e. The fourth-order valence-electron chi connectivity index (χ4n) is 5.94. The molecule has 2 amide bonds. The number of aliphatic hydroxyl groups is 1. The topological polar surface area (TPSA) is 60.9 Å². The van der Waals surface area contributed by atoms with Crippen LogP contribution < -0.4 is 0 Å². The normalized spacial score (nSPS) is 28.9. The quantitative estimate of drug-likeness (QED) is 0.851. The average Bonchev–Trinajstić information content (AvgIpc) is 3.29. The van der Waals surface area contributed by atoms with Gasteiger partial charge in [0.2, 0.25) is 11.8 Å². The number of aliphatic hydroxyl groups excluding tert-OH is 1. The minimum atomic E-state index is -0.324. The Balaban J connectivity index is 1.39. The predicted octanol–water partition coefficient (Wildman–Crippen LogP) is 2.54. The maximum Gasteiger partial charge on any atom is 0.225 e. The molecule has 28 heavy (non-hydrogen) atoms. The number of carbonyl (C=O) groups is 2. The zero-order chi connectivity index (χ0) is 19.3. The lowest BCUT2D eigenvalue weighted by Gasteiger charge is -2.70. The molecule has 1 N–H and O–H groups in total. The molecule has 4 aliphatic rings. The molecule has 1 aromatic carbocycles. The van der Waals surface area contributed by atoms with Crippen LogP contribution in [-0.4, -0.2) is 58.0 Å². The Morgan fingerprint density at radius 2 is 1.71 bits per heavy atom. The SMILES string of the molecule is O=C(C1CCCC1)N1CC2(C1)[C@H](c1ccccc1)[C@H](CO)N2C(=O)CC1CC1. The van der Waals surface area contributed by atoms with E-state index in [9.17, 15) is 14.7 Å². The molecule has 0 unspecified atom stereocenters. The van der Waals surface area contributed by atoms with Gasteiger partial charge in [-0.2, -0.15) is 0 Å². The highest BCUT2D eigenvalue weighted by molar-refractivity contribution is 5.84. The van der Waals surface area contributed by atoms with Gasteiger partial charge in [-0.1, -0.05) is 43.2 Å². The van der Waals surface area contributed by atoms with Crippen LogP contribution >= 0.6 is 0 Å². The van der Waals surface area contributed by atoms with E-state index in [4.69, 9.17) is 0 Å². The van der Waals surface area contributed by atoms with Gasteiger partial charge in [0.1, 0.15) is 0 Å². The largest absolute Gasteiger partial charge is 0.394 e. The summed E-state index contributed by atoms with van der Waals surface area (Å²) in [7, 11) is 0. The van der Waals surface area contributed by atoms with Gasteiger partial charge in [-0.3, -0.25) is 9.59 Å². The van der Waals surface area contributed by atoms with E-state index in [1.807, 2.05) is 28.0 Å². The molecule has 2 aliphatic heterocycles. The van der Waals surface area contributed by atoms with E-state index < -0.39 is 0 Å². The van der Waals surface area contributed by atoms with Crippen LogP contribution in [0.5, 0.6) is 0 Å². The molecule has 1 spiro atoms. The lowest BCUT2D eigenvalue weighted by Crippen LogP contribution is -2.86. The molecule has 2 atom stereocenters. The van der Waals surface area contributed by atoms with Crippen LogP contribution in [0.3, 0.4) is 0 Å². The summed E-state index contributed by atoms with van der Waals surface area (Å²) >= 11 is 0. The fraction of sp³-hybridized carbons (Fsp3) is 0.652. The zero-order valence-corrected chi connectivity index (χ0v) is 16.4. The molecular weight excluding hydrogens is 352 g/mol. The highest BCUT2D eigenvalue weighted by atomic mass is 16.3. The van der Waals surface area contributed by atoms with Crippen molar-refractivity contribution in [2.45, 2.75) is 62.4 Å². The minimum absolute atomic E-state index is 0.0196. The molecule has 2 heterocycles. The van der Waals surface area contributed by atoms with E-state index in [0.29, 0.717) is 25.4 Å². The number of hydrogen-bond acceptors (Lipinski definition) is 3. The highest BCUT2D eigenvalue weighted by Gasteiger charge is 2.68. The van der Waals surface area contributed by atoms with Gasteiger partial charge in [0.15, 0.2) is 0 Å². The molecular formula is C23H30N2O3. The van der Waals surface area contributed by atoms with Crippen molar-refractivity contribution in [3.63, 3.8) is 0 Å². The molecule has 5 heteroatoms. The number of carbonyl (C=O) groups excluding carboxylic acids is 2. The van der Waals surface area contributed by atoms with Crippen LogP contribution in [0.2, 0.25) is 0 Å². The first kappa shape index (κ1) is 18.2. The molecule has 4 fully saturated rings. The van der Waals surface area contributed by atoms with Gasteiger partial charge in [0.05, 0.1) is 18.2 Å². The van der Waals surface area contributed by atoms with Crippen LogP contribution in [0.25, 0.3) is 0 Å². The van der Waals surface area contributed by atoms with E-state index in [2.05, 4.69) is 12.1 Å². The maximum atomic E-state index is 13.1. The first-order valence-electron chi connectivity index (χ1n) is 10.9. The van der Waals surface area contributed by atoms with E-state index in [1.165, 1.54) is 5.56 Å². The van der Waals surface area contributed by atoms with Crippen molar-refractivity contribution in [3.05, 3.63) is 35.9 Å². The Bertz CT molecular complexity index is 748. The zero-order valence-electron chi connectivity index (χ0n) is 16.4. The molecule has 0 radical (unpaired) electrons. The van der Waals surface area contributed by atoms with E-state index >= 15 is 0 Å². The second-order valence-electron chi connectivity index (χ2n) is 9.33. The van der Waals surface area contributed by atoms with Crippen LogP contribution in [0.15, 0.2) is 30.3 Å². The summed E-state index contributed by atoms with van der Waals surface area (Å²) in [6, 6.07) is 10.1. The standard InChI is InChI=1S/C23H30N2O3/c26-13-19-21(17-6-2-1-3-7-17)23(25(19)20(27)12-16-10-11-16)14-24(15-23)22(28)18-8-4-5-9-18/h1-3,6-7,16,18-19,21,26H,4-5,8-15H2/t19-,21+/m0/s1. The number of likely N-dealkylation sites (tertiary alicyclic amines) is 2. The summed E-state index contributed by atoms with van der Waals surface area (Å²) in [6.07, 6.45) is 7.20. The Hall–Kier alpha value is -1.88. The van der Waals surface area contributed by atoms with E-state index in [1.54, 1.807) is 0 Å². The van der Waals surface area contributed by atoms with Crippen LogP contribution in [-0.2, 0) is 9.59 Å². The first-order valence-corrected chi connectivity index (χ1v) is 10.9. The third-order valence-electron chi connectivity index (χ3n) is 7.50. The Morgan fingerprint density at radius 1 is 1.04 bits per heavy atom. The number of rotatable bonds is 5. The molecule has 0 bridgehead atoms. The van der Waals surface area contributed by atoms with Gasteiger partial charge >= 0.3 is 0 Å². The molecule has 1 aromatic rings. The van der Waals surface area contributed by atoms with Crippen LogP contribution in [0.4, 0.5) is 0 Å². The first-order chi connectivity index (χ1) is 13.6.